The van der Waals surface area contributed by atoms with Crippen molar-refractivity contribution in [1.29, 1.82) is 0 Å². The third-order valence-corrected chi connectivity index (χ3v) is 1.08. The molecule has 0 rings (SSSR count). The Balaban J connectivity index is -0.0000000512. The Morgan fingerprint density at radius 3 is 1.05 bits per heavy atom. The molecule has 6 heteroatoms. The van der Waals surface area contributed by atoms with Crippen molar-refractivity contribution in [3.8, 4) is 0 Å². The van der Waals surface area contributed by atoms with Crippen LogP contribution in [0, 0.1) is 0 Å². The molecule has 5 nitrogen and oxygen atoms in total. The van der Waals surface area contributed by atoms with Gasteiger partial charge in [0, 0.05) is 52.1 Å². The van der Waals surface area contributed by atoms with Crippen molar-refractivity contribution in [2.45, 2.75) is 53.9 Å². The Kier molecular flexibility index (Phi) is 58.4. The van der Waals surface area contributed by atoms with Crippen LogP contribution in [0.2, 0.25) is 0 Å². The normalized spacial score (nSPS) is 8.50. The monoisotopic (exact) mass is 370 g/mol. The Labute approximate surface area is 142 Å². The molecule has 122 valence electrons. The van der Waals surface area contributed by atoms with Gasteiger partial charge in [0.25, 0.3) is 0 Å². The number of ketones is 1. The fourth-order valence-corrected chi connectivity index (χ4v) is 0.294. The van der Waals surface area contributed by atoms with Gasteiger partial charge in [-0.3, -0.25) is 4.79 Å². The number of aliphatic hydroxyl groups excluding tert-OH is 4. The van der Waals surface area contributed by atoms with E-state index in [2.05, 4.69) is 0 Å². The van der Waals surface area contributed by atoms with E-state index in [1.165, 1.54) is 19.9 Å². The number of aliphatic hydroxyl groups is 4. The van der Waals surface area contributed by atoms with Crippen LogP contribution in [0.15, 0.2) is 11.8 Å². The van der Waals surface area contributed by atoms with E-state index in [-0.39, 0.29) is 37.7 Å². The summed E-state index contributed by atoms with van der Waals surface area (Å²) in [5.41, 5.74) is 0. The number of carbonyl (C=O) groups excluding carboxylic acids is 1. The molecule has 0 aliphatic heterocycles. The molecule has 0 amide bonds. The molecule has 0 aromatic heterocycles. The number of hydrogen-bond donors (Lipinski definition) is 4. The van der Waals surface area contributed by atoms with Crippen molar-refractivity contribution < 1.29 is 51.4 Å². The van der Waals surface area contributed by atoms with E-state index in [1.54, 1.807) is 0 Å². The number of hydrogen-bond acceptors (Lipinski definition) is 5. The molecule has 0 heterocycles. The van der Waals surface area contributed by atoms with Crippen molar-refractivity contribution in [2.75, 3.05) is 19.8 Å². The van der Waals surface area contributed by atoms with Crippen LogP contribution in [0.4, 0.5) is 0 Å². The van der Waals surface area contributed by atoms with Crippen molar-refractivity contribution >= 4 is 5.78 Å². The van der Waals surface area contributed by atoms with Crippen LogP contribution in [-0.2, 0) is 31.0 Å². The van der Waals surface area contributed by atoms with Crippen LogP contribution in [0.1, 0.15) is 53.9 Å². The molecule has 0 aromatic rings. The summed E-state index contributed by atoms with van der Waals surface area (Å²) in [7, 11) is 0. The summed E-state index contributed by atoms with van der Waals surface area (Å²) in [6.45, 7) is 9.60. The second-order valence-electron chi connectivity index (χ2n) is 3.57. The van der Waals surface area contributed by atoms with Crippen molar-refractivity contribution in [2.24, 2.45) is 0 Å². The number of rotatable bonds is 4. The Morgan fingerprint density at radius 2 is 1.05 bits per heavy atom. The van der Waals surface area contributed by atoms with Gasteiger partial charge in [0.05, 0.1) is 5.76 Å². The molecule has 0 spiro atoms. The van der Waals surface area contributed by atoms with E-state index in [4.69, 9.17) is 20.4 Å². The fraction of sp³-hybridized carbons (Fsp3) is 0.786. The molecule has 0 unspecified atom stereocenters. The van der Waals surface area contributed by atoms with Crippen molar-refractivity contribution in [1.82, 2.24) is 0 Å². The van der Waals surface area contributed by atoms with Gasteiger partial charge in [0.1, 0.15) is 0 Å². The first-order valence-corrected chi connectivity index (χ1v) is 6.58. The summed E-state index contributed by atoms with van der Waals surface area (Å²) in [5, 5.41) is 32.0. The van der Waals surface area contributed by atoms with Gasteiger partial charge >= 0.3 is 0 Å². The summed E-state index contributed by atoms with van der Waals surface area (Å²) in [6.07, 6.45) is 3.79. The van der Waals surface area contributed by atoms with Gasteiger partial charge in [-0.1, -0.05) is 20.8 Å². The summed E-state index contributed by atoms with van der Waals surface area (Å²) in [6, 6.07) is 0. The molecule has 0 atom stereocenters. The average Bonchev–Trinajstić information content (AvgIpc) is 2.38. The first-order valence-electron chi connectivity index (χ1n) is 6.58. The van der Waals surface area contributed by atoms with E-state index < -0.39 is 0 Å². The van der Waals surface area contributed by atoms with E-state index >= 15 is 0 Å². The van der Waals surface area contributed by atoms with Gasteiger partial charge in [-0.25, -0.2) is 0 Å². The minimum Gasteiger partial charge on any atom is -0.512 e. The molecule has 0 fully saturated rings. The van der Waals surface area contributed by atoms with E-state index in [9.17, 15) is 4.79 Å². The van der Waals surface area contributed by atoms with Crippen molar-refractivity contribution in [3.63, 3.8) is 0 Å². The Hall–Kier alpha value is -0.0269. The predicted octanol–water partition coefficient (Wildman–Crippen LogP) is 2.20. The molecule has 0 saturated carbocycles. The first-order chi connectivity index (χ1) is 8.87. The largest absolute Gasteiger partial charge is 0.512 e. The third kappa shape index (κ3) is 106. The van der Waals surface area contributed by atoms with Gasteiger partial charge in [-0.05, 0) is 33.1 Å². The fourth-order valence-electron chi connectivity index (χ4n) is 0.294. The maximum atomic E-state index is 10.0. The number of allylic oxidation sites excluding steroid dienone is 2. The minimum atomic E-state index is -0.125. The molecule has 0 bridgehead atoms. The van der Waals surface area contributed by atoms with E-state index in [0.29, 0.717) is 19.8 Å². The van der Waals surface area contributed by atoms with Crippen LogP contribution in [-0.4, -0.2) is 46.0 Å². The van der Waals surface area contributed by atoms with E-state index in [1.807, 2.05) is 20.8 Å². The molecule has 4 N–H and O–H groups in total. The zero-order chi connectivity index (χ0) is 16.1. The van der Waals surface area contributed by atoms with Crippen LogP contribution in [0.5, 0.6) is 0 Å². The van der Waals surface area contributed by atoms with Gasteiger partial charge in [0.2, 0.25) is 0 Å². The topological polar surface area (TPSA) is 98.0 Å². The second-order valence-corrected chi connectivity index (χ2v) is 3.57. The van der Waals surface area contributed by atoms with Crippen LogP contribution >= 0.6 is 0 Å². The molecule has 0 aliphatic carbocycles. The molecule has 0 aliphatic rings. The first kappa shape index (κ1) is 32.1. The molecular formula is C14H32O5Zr. The molecule has 0 saturated heterocycles. The smallest absolute Gasteiger partial charge is 0.155 e. The Bertz CT molecular complexity index is 165. The molecule has 0 aromatic carbocycles. The predicted molar refractivity (Wildman–Crippen MR) is 79.2 cm³/mol. The minimum absolute atomic E-state index is 0. The maximum Gasteiger partial charge on any atom is 0.155 e. The molecule has 0 radical (unpaired) electrons. The van der Waals surface area contributed by atoms with Crippen LogP contribution in [0.3, 0.4) is 0 Å². The number of carbonyl (C=O) groups is 1. The summed E-state index contributed by atoms with van der Waals surface area (Å²) >= 11 is 0. The maximum absolute atomic E-state index is 10.0. The standard InChI is InChI=1S/C5H8O2.3C3H8O.Zr/c1-4(6)3-5(2)7;3*1-2-3-4;/h3,6H,1-2H3;3*4H,2-3H2,1H3;/b4-3-;;;;. The van der Waals surface area contributed by atoms with Gasteiger partial charge in [0.15, 0.2) is 5.78 Å². The van der Waals surface area contributed by atoms with Crippen LogP contribution in [0.25, 0.3) is 0 Å². The van der Waals surface area contributed by atoms with Gasteiger partial charge in [-0.2, -0.15) is 0 Å². The molecule has 20 heavy (non-hydrogen) atoms. The summed E-state index contributed by atoms with van der Waals surface area (Å²) in [4.78, 5) is 10.0. The third-order valence-electron chi connectivity index (χ3n) is 1.08. The quantitative estimate of drug-likeness (QED) is 0.449. The Morgan fingerprint density at radius 1 is 0.850 bits per heavy atom. The molecular weight excluding hydrogens is 339 g/mol. The second kappa shape index (κ2) is 36.4. The zero-order valence-electron chi connectivity index (χ0n) is 13.5. The van der Waals surface area contributed by atoms with Crippen molar-refractivity contribution in [3.05, 3.63) is 11.8 Å². The van der Waals surface area contributed by atoms with Gasteiger partial charge < -0.3 is 20.4 Å². The SMILES string of the molecule is CC(=O)/C=C(/C)O.CCCO.CCCO.CCCO.[Zr]. The summed E-state index contributed by atoms with van der Waals surface area (Å²) in [5.74, 6) is -0.0625. The average molecular weight is 372 g/mol. The van der Waals surface area contributed by atoms with Gasteiger partial charge in [-0.15, -0.1) is 0 Å². The van der Waals surface area contributed by atoms with E-state index in [0.717, 1.165) is 19.3 Å². The zero-order valence-corrected chi connectivity index (χ0v) is 16.0. The van der Waals surface area contributed by atoms with Crippen LogP contribution < -0.4 is 0 Å². The summed E-state index contributed by atoms with van der Waals surface area (Å²) < 4.78 is 0.